The molecule has 1 saturated carbocycles. The maximum atomic E-state index is 13.5. The summed E-state index contributed by atoms with van der Waals surface area (Å²) in [6, 6.07) is 15.9. The third kappa shape index (κ3) is 3.48. The van der Waals surface area contributed by atoms with Gasteiger partial charge in [-0.25, -0.2) is 22.4 Å². The van der Waals surface area contributed by atoms with Crippen LogP contribution in [0.3, 0.4) is 0 Å². The monoisotopic (exact) mass is 444 g/mol. The minimum atomic E-state index is -3.78. The molecule has 0 unspecified atom stereocenters. The number of rotatable bonds is 4. The van der Waals surface area contributed by atoms with Gasteiger partial charge in [-0.05, 0) is 49.8 Å². The molecule has 2 N–H and O–H groups in total. The van der Waals surface area contributed by atoms with Crippen LogP contribution in [-0.4, -0.2) is 22.4 Å². The summed E-state index contributed by atoms with van der Waals surface area (Å²) in [7, 11) is -3.78. The average molecular weight is 445 g/mol. The van der Waals surface area contributed by atoms with Gasteiger partial charge in [-0.15, -0.1) is 0 Å². The van der Waals surface area contributed by atoms with E-state index in [9.17, 15) is 8.42 Å². The van der Waals surface area contributed by atoms with Crippen molar-refractivity contribution in [2.45, 2.75) is 36.5 Å². The molecule has 2 aromatic carbocycles. The summed E-state index contributed by atoms with van der Waals surface area (Å²) in [5, 5.41) is 0.806. The van der Waals surface area contributed by atoms with Gasteiger partial charge in [0, 0.05) is 28.9 Å². The van der Waals surface area contributed by atoms with Gasteiger partial charge >= 0.3 is 0 Å². The first-order valence-corrected chi connectivity index (χ1v) is 12.1. The fourth-order valence-corrected chi connectivity index (χ4v) is 5.97. The molecule has 0 spiro atoms. The zero-order valence-electron chi connectivity index (χ0n) is 17.6. The summed E-state index contributed by atoms with van der Waals surface area (Å²) < 4.78 is 28.3. The Balaban J connectivity index is 1.74. The van der Waals surface area contributed by atoms with E-state index < -0.39 is 10.0 Å². The summed E-state index contributed by atoms with van der Waals surface area (Å²) >= 11 is 0. The molecule has 1 atom stereocenters. The van der Waals surface area contributed by atoms with E-state index >= 15 is 0 Å². The number of hydrogen-bond acceptors (Lipinski definition) is 5. The molecule has 1 fully saturated rings. The molecule has 162 valence electrons. The van der Waals surface area contributed by atoms with E-state index in [1.165, 1.54) is 9.55 Å². The second-order valence-electron chi connectivity index (χ2n) is 8.25. The lowest BCUT2D eigenvalue weighted by Crippen LogP contribution is -2.12. The smallest absolute Gasteiger partial charge is 0.268 e. The molecule has 0 bridgehead atoms. The molecule has 5 rings (SSSR count). The van der Waals surface area contributed by atoms with Crippen molar-refractivity contribution in [2.24, 2.45) is 0 Å². The largest absolute Gasteiger partial charge is 0.368 e. The van der Waals surface area contributed by atoms with Crippen LogP contribution in [0.1, 0.15) is 37.2 Å². The molecular weight excluding hydrogens is 420 g/mol. The third-order valence-electron chi connectivity index (χ3n) is 6.13. The van der Waals surface area contributed by atoms with Gasteiger partial charge in [0.2, 0.25) is 5.95 Å². The Kier molecular flexibility index (Phi) is 5.06. The molecule has 1 aliphatic carbocycles. The molecule has 2 heterocycles. The molecule has 0 aliphatic heterocycles. The van der Waals surface area contributed by atoms with Crippen LogP contribution in [0.4, 0.5) is 5.95 Å². The first-order chi connectivity index (χ1) is 15.4. The second kappa shape index (κ2) is 7.91. The zero-order chi connectivity index (χ0) is 22.3. The number of fused-ring (bicyclic) bond motifs is 1. The van der Waals surface area contributed by atoms with Gasteiger partial charge < -0.3 is 5.73 Å². The van der Waals surface area contributed by atoms with Gasteiger partial charge in [-0.2, -0.15) is 0 Å². The van der Waals surface area contributed by atoms with Gasteiger partial charge in [0.1, 0.15) is 0 Å². The fraction of sp³-hybridized carbons (Fsp3) is 0.200. The minimum absolute atomic E-state index is 0.168. The number of nitrogen functional groups attached to an aromatic ring is 1. The lowest BCUT2D eigenvalue weighted by molar-refractivity contribution is 0.523. The van der Waals surface area contributed by atoms with Crippen molar-refractivity contribution in [1.29, 1.82) is 0 Å². The summed E-state index contributed by atoms with van der Waals surface area (Å²) in [5.41, 5.74) is 10.2. The van der Waals surface area contributed by atoms with Crippen LogP contribution < -0.4 is 5.73 Å². The maximum absolute atomic E-state index is 13.5. The number of para-hydroxylation sites is 1. The molecule has 0 amide bonds. The van der Waals surface area contributed by atoms with Crippen LogP contribution >= 0.6 is 0 Å². The van der Waals surface area contributed by atoms with Gasteiger partial charge in [-0.1, -0.05) is 48.6 Å². The Morgan fingerprint density at radius 2 is 1.81 bits per heavy atom. The predicted molar refractivity (Wildman–Crippen MR) is 127 cm³/mol. The van der Waals surface area contributed by atoms with Crippen molar-refractivity contribution in [3.8, 4) is 11.3 Å². The number of anilines is 1. The highest BCUT2D eigenvalue weighted by molar-refractivity contribution is 7.90. The van der Waals surface area contributed by atoms with E-state index in [1.54, 1.807) is 42.7 Å². The highest BCUT2D eigenvalue weighted by Gasteiger charge is 2.26. The van der Waals surface area contributed by atoms with Crippen molar-refractivity contribution in [3.05, 3.63) is 84.7 Å². The van der Waals surface area contributed by atoms with E-state index in [0.717, 1.165) is 42.2 Å². The van der Waals surface area contributed by atoms with Crippen LogP contribution in [0.5, 0.6) is 0 Å². The molecule has 2 aromatic heterocycles. The predicted octanol–water partition coefficient (Wildman–Crippen LogP) is 5.13. The second-order valence-corrected chi connectivity index (χ2v) is 10.1. The average Bonchev–Trinajstić information content (AvgIpc) is 3.20. The number of allylic oxidation sites excluding steroid dienone is 1. The van der Waals surface area contributed by atoms with Crippen molar-refractivity contribution in [1.82, 2.24) is 13.9 Å². The number of nitrogens with zero attached hydrogens (tertiary/aromatic N) is 3. The topological polar surface area (TPSA) is 90.9 Å². The van der Waals surface area contributed by atoms with Crippen molar-refractivity contribution in [3.63, 3.8) is 0 Å². The summed E-state index contributed by atoms with van der Waals surface area (Å²) in [4.78, 5) is 9.09. The van der Waals surface area contributed by atoms with E-state index in [4.69, 9.17) is 5.73 Å². The van der Waals surface area contributed by atoms with Crippen molar-refractivity contribution in [2.75, 3.05) is 5.73 Å². The van der Waals surface area contributed by atoms with E-state index in [1.807, 2.05) is 24.3 Å². The first-order valence-electron chi connectivity index (χ1n) is 10.7. The Morgan fingerprint density at radius 1 is 1.06 bits per heavy atom. The van der Waals surface area contributed by atoms with Crippen LogP contribution in [0.15, 0.2) is 84.0 Å². The summed E-state index contributed by atoms with van der Waals surface area (Å²) in [5.74, 6) is 0.404. The molecule has 6 nitrogen and oxygen atoms in total. The van der Waals surface area contributed by atoms with Gasteiger partial charge in [0.15, 0.2) is 0 Å². The Labute approximate surface area is 187 Å². The normalized spacial score (nSPS) is 17.0. The Morgan fingerprint density at radius 3 is 2.59 bits per heavy atom. The quantitative estimate of drug-likeness (QED) is 0.441. The third-order valence-corrected chi connectivity index (χ3v) is 7.81. The Bertz CT molecular complexity index is 1430. The van der Waals surface area contributed by atoms with E-state index in [2.05, 4.69) is 16.5 Å². The lowest BCUT2D eigenvalue weighted by atomic mass is 9.81. The fourth-order valence-electron chi connectivity index (χ4n) is 4.58. The molecule has 1 aliphatic rings. The molecule has 4 aromatic rings. The van der Waals surface area contributed by atoms with E-state index in [0.29, 0.717) is 11.2 Å². The minimum Gasteiger partial charge on any atom is -0.368 e. The highest BCUT2D eigenvalue weighted by Crippen LogP contribution is 2.41. The summed E-state index contributed by atoms with van der Waals surface area (Å²) in [6.45, 7) is 4.18. The van der Waals surface area contributed by atoms with Gasteiger partial charge in [-0.3, -0.25) is 0 Å². The van der Waals surface area contributed by atoms with Gasteiger partial charge in [0.05, 0.1) is 16.1 Å². The molecular formula is C25H24N4O2S. The number of aromatic nitrogens is 3. The number of nitrogens with two attached hydrogens (primary N) is 1. The van der Waals surface area contributed by atoms with Crippen LogP contribution in [0.2, 0.25) is 0 Å². The van der Waals surface area contributed by atoms with Crippen molar-refractivity contribution < 1.29 is 8.42 Å². The standard InChI is InChI=1S/C25H24N4O2S/c1-17-8-7-9-18(14-17)21-15-27-25(26)28-24(21)22-16-29(23-13-6-5-12-20(22)23)32(30,31)19-10-3-2-4-11-19/h2-6,10-13,15-16,18H,1,7-9,14H2,(H2,26,27,28)/t18-/m1/s1. The zero-order valence-corrected chi connectivity index (χ0v) is 18.4. The molecule has 0 radical (unpaired) electrons. The first kappa shape index (κ1) is 20.5. The van der Waals surface area contributed by atoms with Gasteiger partial charge in [0.25, 0.3) is 10.0 Å². The molecule has 32 heavy (non-hydrogen) atoms. The van der Waals surface area contributed by atoms with Crippen LogP contribution in [0.25, 0.3) is 22.2 Å². The van der Waals surface area contributed by atoms with Crippen LogP contribution in [-0.2, 0) is 10.0 Å². The number of hydrogen-bond donors (Lipinski definition) is 1. The molecule has 7 heteroatoms. The lowest BCUT2D eigenvalue weighted by Gasteiger charge is -2.25. The SMILES string of the molecule is C=C1CCC[C@@H](c2cnc(N)nc2-c2cn(S(=O)(=O)c3ccccc3)c3ccccc23)C1. The number of benzene rings is 2. The maximum Gasteiger partial charge on any atom is 0.268 e. The Hall–Kier alpha value is -3.45. The van der Waals surface area contributed by atoms with Crippen LogP contribution in [0, 0.1) is 0 Å². The highest BCUT2D eigenvalue weighted by atomic mass is 32.2. The molecule has 0 saturated heterocycles. The van der Waals surface area contributed by atoms with Crippen molar-refractivity contribution >= 4 is 26.9 Å². The van der Waals surface area contributed by atoms with E-state index in [-0.39, 0.29) is 16.8 Å². The summed E-state index contributed by atoms with van der Waals surface area (Å²) in [6.07, 6.45) is 7.45.